The number of halogens is 14. The zero-order valence-corrected chi connectivity index (χ0v) is 15.0. The Hall–Kier alpha value is -1.40. The minimum atomic E-state index is -7.11. The summed E-state index contributed by atoms with van der Waals surface area (Å²) in [7, 11) is 0. The molecule has 0 atom stereocenters. The van der Waals surface area contributed by atoms with Gasteiger partial charge < -0.3 is 4.42 Å². The fourth-order valence-electron chi connectivity index (χ4n) is 1.63. The van der Waals surface area contributed by atoms with Crippen LogP contribution in [0.1, 0.15) is 5.76 Å². The van der Waals surface area contributed by atoms with Gasteiger partial charge in [0.1, 0.15) is 4.90 Å². The molecule has 0 aliphatic carbocycles. The summed E-state index contributed by atoms with van der Waals surface area (Å²) in [6.07, 6.45) is -27.5. The monoisotopic (exact) mass is 511 g/mol. The Morgan fingerprint density at radius 1 is 0.733 bits per heavy atom. The van der Waals surface area contributed by atoms with Crippen molar-refractivity contribution < 1.29 is 65.9 Å². The van der Waals surface area contributed by atoms with Crippen molar-refractivity contribution in [2.24, 2.45) is 0 Å². The molecule has 3 nitrogen and oxygen atoms in total. The number of hydrogen-bond acceptors (Lipinski definition) is 5. The first-order valence-electron chi connectivity index (χ1n) is 6.48. The molecule has 0 N–H and O–H groups in total. The van der Waals surface area contributed by atoms with Crippen molar-refractivity contribution in [2.75, 3.05) is 6.26 Å². The molecule has 1 rings (SSSR count). The average molecular weight is 511 g/mol. The second-order valence-corrected chi connectivity index (χ2v) is 6.93. The van der Waals surface area contributed by atoms with E-state index in [1.54, 1.807) is 0 Å². The van der Waals surface area contributed by atoms with Crippen LogP contribution in [-0.4, -0.2) is 40.9 Å². The van der Waals surface area contributed by atoms with Crippen LogP contribution < -0.4 is 5.56 Å². The summed E-state index contributed by atoms with van der Waals surface area (Å²) in [6, 6.07) is 0. The zero-order chi connectivity index (χ0) is 24.1. The Balaban J connectivity index is 4.06. The average Bonchev–Trinajstić information content (AvgIpc) is 2.51. The predicted octanol–water partition coefficient (Wildman–Crippen LogP) is 5.93. The molecule has 0 bridgehead atoms. The summed E-state index contributed by atoms with van der Waals surface area (Å²) in [5, 5.41) is -8.11. The minimum absolute atomic E-state index is 0.0543. The van der Waals surface area contributed by atoms with E-state index in [-0.39, 0.29) is 11.8 Å². The van der Waals surface area contributed by atoms with Crippen molar-refractivity contribution in [1.82, 2.24) is 4.98 Å². The van der Waals surface area contributed by atoms with Gasteiger partial charge >= 0.3 is 35.4 Å². The molecule has 19 heteroatoms. The highest BCUT2D eigenvalue weighted by molar-refractivity contribution is 8.00. The standard InChI is InChI=1S/C11H3F14NO2S2/c1-29-5-26-4(27)2(30-7(13,10(20,21)22)11(23,24)25)3(28-5)6(12,8(14,15)16)9(17,18)19/h1H3. The van der Waals surface area contributed by atoms with E-state index in [1.165, 1.54) is 0 Å². The molecule has 0 aliphatic heterocycles. The summed E-state index contributed by atoms with van der Waals surface area (Å²) < 4.78 is 185. The lowest BCUT2D eigenvalue weighted by Crippen LogP contribution is -2.53. The molecule has 1 aromatic heterocycles. The lowest BCUT2D eigenvalue weighted by molar-refractivity contribution is -0.355. The van der Waals surface area contributed by atoms with E-state index >= 15 is 0 Å². The highest BCUT2D eigenvalue weighted by atomic mass is 32.2. The Bertz CT molecular complexity index is 809. The first kappa shape index (κ1) is 26.6. The smallest absolute Gasteiger partial charge is 0.432 e. The van der Waals surface area contributed by atoms with E-state index in [2.05, 4.69) is 9.40 Å². The number of nitrogens with zero attached hydrogens (tertiary/aromatic N) is 1. The molecule has 1 heterocycles. The van der Waals surface area contributed by atoms with Gasteiger partial charge in [0.15, 0.2) is 5.76 Å². The molecule has 0 aliphatic rings. The Morgan fingerprint density at radius 2 is 1.13 bits per heavy atom. The Labute approximate surface area is 163 Å². The maximum atomic E-state index is 14.2. The van der Waals surface area contributed by atoms with Crippen molar-refractivity contribution in [3.05, 3.63) is 16.1 Å². The number of alkyl halides is 14. The van der Waals surface area contributed by atoms with Gasteiger partial charge in [0, 0.05) is 0 Å². The Morgan fingerprint density at radius 3 is 1.43 bits per heavy atom. The third-order valence-corrected chi connectivity index (χ3v) is 4.86. The van der Waals surface area contributed by atoms with Crippen LogP contribution in [0.25, 0.3) is 0 Å². The summed E-state index contributed by atoms with van der Waals surface area (Å²) in [5.41, 5.74) is -9.44. The van der Waals surface area contributed by atoms with E-state index in [9.17, 15) is 66.3 Å². The van der Waals surface area contributed by atoms with E-state index < -0.39 is 68.6 Å². The minimum Gasteiger partial charge on any atom is -0.432 e. The maximum Gasteiger partial charge on any atom is 0.441 e. The second kappa shape index (κ2) is 7.63. The van der Waals surface area contributed by atoms with Gasteiger partial charge in [-0.1, -0.05) is 23.5 Å². The van der Waals surface area contributed by atoms with Crippen LogP contribution in [-0.2, 0) is 5.67 Å². The molecule has 0 fully saturated rings. The van der Waals surface area contributed by atoms with Crippen LogP contribution in [0.4, 0.5) is 61.5 Å². The molecular formula is C11H3F14NO2S2. The van der Waals surface area contributed by atoms with Gasteiger partial charge in [0.25, 0.3) is 10.8 Å². The normalized spacial score (nSPS) is 14.9. The number of hydrogen-bond donors (Lipinski definition) is 0. The van der Waals surface area contributed by atoms with Gasteiger partial charge in [-0.25, -0.2) is 8.78 Å². The summed E-state index contributed by atoms with van der Waals surface area (Å²) >= 11 is -2.55. The molecule has 0 saturated carbocycles. The molecule has 0 saturated heterocycles. The van der Waals surface area contributed by atoms with E-state index in [1.807, 2.05) is 0 Å². The zero-order valence-electron chi connectivity index (χ0n) is 13.4. The molecule has 0 radical (unpaired) electrons. The first-order valence-corrected chi connectivity index (χ1v) is 8.52. The number of thioether (sulfide) groups is 2. The maximum absolute atomic E-state index is 14.2. The van der Waals surface area contributed by atoms with Gasteiger partial charge in [0.2, 0.25) is 0 Å². The molecule has 174 valence electrons. The van der Waals surface area contributed by atoms with Crippen LogP contribution in [0, 0.1) is 0 Å². The Kier molecular flexibility index (Phi) is 6.77. The van der Waals surface area contributed by atoms with Crippen LogP contribution in [0.15, 0.2) is 19.3 Å². The fraction of sp³-hybridized carbons (Fsp3) is 0.636. The first-order chi connectivity index (χ1) is 13.0. The van der Waals surface area contributed by atoms with Crippen LogP contribution >= 0.6 is 23.5 Å². The molecule has 30 heavy (non-hydrogen) atoms. The van der Waals surface area contributed by atoms with Gasteiger partial charge in [-0.2, -0.15) is 57.7 Å². The number of aromatic nitrogens is 1. The second-order valence-electron chi connectivity index (χ2n) is 4.99. The fourth-order valence-corrected chi connectivity index (χ4v) is 2.89. The summed E-state index contributed by atoms with van der Waals surface area (Å²) in [6.45, 7) is 0. The number of rotatable bonds is 4. The predicted molar refractivity (Wildman–Crippen MR) is 71.3 cm³/mol. The van der Waals surface area contributed by atoms with Crippen LogP contribution in [0.5, 0.6) is 0 Å². The van der Waals surface area contributed by atoms with Gasteiger partial charge in [0.05, 0.1) is 0 Å². The summed E-state index contributed by atoms with van der Waals surface area (Å²) in [5.74, 6) is -3.38. The van der Waals surface area contributed by atoms with Crippen LogP contribution in [0.2, 0.25) is 0 Å². The molecule has 0 amide bonds. The third kappa shape index (κ3) is 4.31. The molecule has 0 unspecified atom stereocenters. The molecule has 0 spiro atoms. The molecule has 0 aromatic carbocycles. The highest BCUT2D eigenvalue weighted by Gasteiger charge is 2.78. The van der Waals surface area contributed by atoms with Gasteiger partial charge in [-0.3, -0.25) is 4.79 Å². The van der Waals surface area contributed by atoms with Crippen LogP contribution in [0.3, 0.4) is 0 Å². The van der Waals surface area contributed by atoms with Crippen molar-refractivity contribution in [3.63, 3.8) is 0 Å². The lowest BCUT2D eigenvalue weighted by atomic mass is 10.0. The van der Waals surface area contributed by atoms with Gasteiger partial charge in [-0.05, 0) is 6.26 Å². The quantitative estimate of drug-likeness (QED) is 0.371. The van der Waals surface area contributed by atoms with E-state index in [0.29, 0.717) is 0 Å². The highest BCUT2D eigenvalue weighted by Crippen LogP contribution is 2.59. The molecular weight excluding hydrogens is 508 g/mol. The van der Waals surface area contributed by atoms with Crippen molar-refractivity contribution >= 4 is 23.5 Å². The van der Waals surface area contributed by atoms with Crippen molar-refractivity contribution in [2.45, 2.75) is 45.5 Å². The van der Waals surface area contributed by atoms with Crippen molar-refractivity contribution in [3.8, 4) is 0 Å². The van der Waals surface area contributed by atoms with E-state index in [4.69, 9.17) is 0 Å². The largest absolute Gasteiger partial charge is 0.441 e. The SMILES string of the molecule is CSc1nc(=O)c(SC(F)(C(F)(F)F)C(F)(F)F)c(C(F)(C(F)(F)F)C(F)(F)F)o1. The van der Waals surface area contributed by atoms with Crippen molar-refractivity contribution in [1.29, 1.82) is 0 Å². The molecule has 1 aromatic rings. The third-order valence-electron chi connectivity index (χ3n) is 3.02. The lowest BCUT2D eigenvalue weighted by Gasteiger charge is -2.32. The topological polar surface area (TPSA) is 43.1 Å². The van der Waals surface area contributed by atoms with E-state index in [0.717, 1.165) is 6.26 Å². The van der Waals surface area contributed by atoms with Gasteiger partial charge in [-0.15, -0.1) is 0 Å². The summed E-state index contributed by atoms with van der Waals surface area (Å²) in [4.78, 5) is 11.2.